The lowest BCUT2D eigenvalue weighted by atomic mass is 9.94. The Morgan fingerprint density at radius 3 is 2.48 bits per heavy atom. The molecule has 0 aliphatic carbocycles. The van der Waals surface area contributed by atoms with Crippen molar-refractivity contribution in [2.75, 3.05) is 26.2 Å². The van der Waals surface area contributed by atoms with Crippen LogP contribution in [0.25, 0.3) is 0 Å². The van der Waals surface area contributed by atoms with Crippen LogP contribution in [0.3, 0.4) is 0 Å². The molecule has 2 aliphatic rings. The van der Waals surface area contributed by atoms with Gasteiger partial charge in [-0.15, -0.1) is 0 Å². The Morgan fingerprint density at radius 1 is 1.24 bits per heavy atom. The number of aryl methyl sites for hydroxylation is 1. The highest BCUT2D eigenvalue weighted by molar-refractivity contribution is 5.94. The van der Waals surface area contributed by atoms with Crippen molar-refractivity contribution < 1.29 is 14.1 Å². The molecule has 6 heteroatoms. The van der Waals surface area contributed by atoms with Crippen LogP contribution < -0.4 is 0 Å². The summed E-state index contributed by atoms with van der Waals surface area (Å²) in [4.78, 5) is 28.1. The predicted molar refractivity (Wildman–Crippen MR) is 75.6 cm³/mol. The van der Waals surface area contributed by atoms with Gasteiger partial charge in [0.2, 0.25) is 5.91 Å². The van der Waals surface area contributed by atoms with Crippen LogP contribution in [0.15, 0.2) is 10.6 Å². The highest BCUT2D eigenvalue weighted by Crippen LogP contribution is 2.24. The molecule has 0 saturated carbocycles. The fourth-order valence-electron chi connectivity index (χ4n) is 2.92. The zero-order chi connectivity index (χ0) is 15.0. The van der Waals surface area contributed by atoms with Crippen molar-refractivity contribution in [3.8, 4) is 0 Å². The van der Waals surface area contributed by atoms with Gasteiger partial charge in [0, 0.05) is 32.2 Å². The molecule has 0 N–H and O–H groups in total. The third-order valence-corrected chi connectivity index (χ3v) is 4.46. The standard InChI is InChI=1S/C15H21N3O3/c1-10-3-5-17(6-4-10)14(19)12-8-18(9-12)15(20)13-7-11(2)21-16-13/h7,10,12H,3-6,8-9H2,1-2H3. The van der Waals surface area contributed by atoms with Crippen LogP contribution >= 0.6 is 0 Å². The van der Waals surface area contributed by atoms with Gasteiger partial charge in [-0.3, -0.25) is 9.59 Å². The third kappa shape index (κ3) is 2.80. The van der Waals surface area contributed by atoms with Gasteiger partial charge in [-0.2, -0.15) is 0 Å². The first-order valence-electron chi connectivity index (χ1n) is 7.56. The van der Waals surface area contributed by atoms with Gasteiger partial charge in [-0.05, 0) is 25.7 Å². The number of carbonyl (C=O) groups excluding carboxylic acids is 2. The van der Waals surface area contributed by atoms with Crippen LogP contribution in [0.5, 0.6) is 0 Å². The number of hydrogen-bond donors (Lipinski definition) is 0. The lowest BCUT2D eigenvalue weighted by molar-refractivity contribution is -0.141. The molecule has 3 rings (SSSR count). The molecule has 0 atom stereocenters. The molecule has 1 aromatic heterocycles. The summed E-state index contributed by atoms with van der Waals surface area (Å²) in [5, 5.41) is 3.73. The van der Waals surface area contributed by atoms with E-state index in [1.807, 2.05) is 4.90 Å². The van der Waals surface area contributed by atoms with E-state index in [4.69, 9.17) is 4.52 Å². The lowest BCUT2D eigenvalue weighted by Crippen LogP contribution is -2.57. The number of carbonyl (C=O) groups is 2. The van der Waals surface area contributed by atoms with Gasteiger partial charge in [-0.25, -0.2) is 0 Å². The van der Waals surface area contributed by atoms with E-state index in [9.17, 15) is 9.59 Å². The summed E-state index contributed by atoms with van der Waals surface area (Å²) >= 11 is 0. The van der Waals surface area contributed by atoms with Crippen LogP contribution in [0.2, 0.25) is 0 Å². The molecule has 2 aliphatic heterocycles. The molecule has 2 fully saturated rings. The normalized spacial score (nSPS) is 20.5. The summed E-state index contributed by atoms with van der Waals surface area (Å²) in [6.07, 6.45) is 2.17. The highest BCUT2D eigenvalue weighted by atomic mass is 16.5. The third-order valence-electron chi connectivity index (χ3n) is 4.46. The van der Waals surface area contributed by atoms with Crippen molar-refractivity contribution in [1.29, 1.82) is 0 Å². The topological polar surface area (TPSA) is 66.7 Å². The molecule has 0 unspecified atom stereocenters. The molecule has 3 heterocycles. The van der Waals surface area contributed by atoms with E-state index in [2.05, 4.69) is 12.1 Å². The monoisotopic (exact) mass is 291 g/mol. The van der Waals surface area contributed by atoms with Gasteiger partial charge in [0.05, 0.1) is 5.92 Å². The first kappa shape index (κ1) is 14.1. The molecule has 6 nitrogen and oxygen atoms in total. The number of aromatic nitrogens is 1. The maximum absolute atomic E-state index is 12.3. The van der Waals surface area contributed by atoms with E-state index >= 15 is 0 Å². The largest absolute Gasteiger partial charge is 0.361 e. The number of hydrogen-bond acceptors (Lipinski definition) is 4. The smallest absolute Gasteiger partial charge is 0.276 e. The van der Waals surface area contributed by atoms with E-state index in [1.165, 1.54) is 0 Å². The van der Waals surface area contributed by atoms with Gasteiger partial charge in [0.15, 0.2) is 5.69 Å². The Bertz CT molecular complexity index is 540. The molecule has 0 bridgehead atoms. The van der Waals surface area contributed by atoms with Crippen LogP contribution in [-0.2, 0) is 4.79 Å². The summed E-state index contributed by atoms with van der Waals surface area (Å²) < 4.78 is 4.91. The summed E-state index contributed by atoms with van der Waals surface area (Å²) in [7, 11) is 0. The van der Waals surface area contributed by atoms with Gasteiger partial charge in [0.1, 0.15) is 5.76 Å². The average Bonchev–Trinajstić information content (AvgIpc) is 2.84. The van der Waals surface area contributed by atoms with Gasteiger partial charge < -0.3 is 14.3 Å². The van der Waals surface area contributed by atoms with Crippen molar-refractivity contribution in [3.63, 3.8) is 0 Å². The minimum atomic E-state index is -0.150. The summed E-state index contributed by atoms with van der Waals surface area (Å²) in [5.41, 5.74) is 0.324. The van der Waals surface area contributed by atoms with Crippen molar-refractivity contribution in [2.24, 2.45) is 11.8 Å². The molecule has 2 saturated heterocycles. The first-order valence-corrected chi connectivity index (χ1v) is 7.56. The predicted octanol–water partition coefficient (Wildman–Crippen LogP) is 1.31. The Kier molecular flexibility index (Phi) is 3.69. The van der Waals surface area contributed by atoms with Crippen LogP contribution in [0.1, 0.15) is 36.0 Å². The second-order valence-corrected chi connectivity index (χ2v) is 6.24. The van der Waals surface area contributed by atoms with E-state index < -0.39 is 0 Å². The number of likely N-dealkylation sites (tertiary alicyclic amines) is 2. The van der Waals surface area contributed by atoms with Gasteiger partial charge >= 0.3 is 0 Å². The van der Waals surface area contributed by atoms with Crippen molar-refractivity contribution >= 4 is 11.8 Å². The van der Waals surface area contributed by atoms with Crippen molar-refractivity contribution in [2.45, 2.75) is 26.7 Å². The van der Waals surface area contributed by atoms with Crippen LogP contribution in [0, 0.1) is 18.8 Å². The minimum Gasteiger partial charge on any atom is -0.361 e. The highest BCUT2D eigenvalue weighted by Gasteiger charge is 2.39. The first-order chi connectivity index (χ1) is 10.0. The van der Waals surface area contributed by atoms with Gasteiger partial charge in [0.25, 0.3) is 5.91 Å². The molecule has 0 aromatic carbocycles. The molecular formula is C15H21N3O3. The fraction of sp³-hybridized carbons (Fsp3) is 0.667. The molecule has 0 radical (unpaired) electrons. The quantitative estimate of drug-likeness (QED) is 0.824. The fourth-order valence-corrected chi connectivity index (χ4v) is 2.92. The van der Waals surface area contributed by atoms with Gasteiger partial charge in [-0.1, -0.05) is 12.1 Å². The Labute approximate surface area is 124 Å². The maximum Gasteiger partial charge on any atom is 0.276 e. The summed E-state index contributed by atoms with van der Waals surface area (Å²) in [5.74, 6) is 1.33. The Balaban J connectivity index is 1.51. The van der Waals surface area contributed by atoms with Crippen molar-refractivity contribution in [1.82, 2.24) is 15.0 Å². The number of nitrogens with zero attached hydrogens (tertiary/aromatic N) is 3. The van der Waals surface area contributed by atoms with E-state index in [1.54, 1.807) is 17.9 Å². The zero-order valence-corrected chi connectivity index (χ0v) is 12.5. The molecule has 21 heavy (non-hydrogen) atoms. The number of piperidine rings is 1. The van der Waals surface area contributed by atoms with Crippen LogP contribution in [-0.4, -0.2) is 52.9 Å². The molecule has 1 aromatic rings. The summed E-state index contributed by atoms with van der Waals surface area (Å²) in [6, 6.07) is 1.63. The minimum absolute atomic E-state index is 0.0460. The molecule has 0 spiro atoms. The number of rotatable bonds is 2. The zero-order valence-electron chi connectivity index (χ0n) is 12.5. The SMILES string of the molecule is Cc1cc(C(=O)N2CC(C(=O)N3CCC(C)CC3)C2)no1. The Hall–Kier alpha value is -1.85. The second-order valence-electron chi connectivity index (χ2n) is 6.24. The number of amides is 2. The van der Waals surface area contributed by atoms with Crippen molar-refractivity contribution in [3.05, 3.63) is 17.5 Å². The summed E-state index contributed by atoms with van der Waals surface area (Å²) in [6.45, 7) is 6.68. The molecule has 114 valence electrons. The maximum atomic E-state index is 12.3. The lowest BCUT2D eigenvalue weighted by Gasteiger charge is -2.41. The van der Waals surface area contributed by atoms with E-state index in [0.29, 0.717) is 30.5 Å². The Morgan fingerprint density at radius 2 is 1.90 bits per heavy atom. The molecular weight excluding hydrogens is 270 g/mol. The van der Waals surface area contributed by atoms with E-state index in [0.717, 1.165) is 25.9 Å². The average molecular weight is 291 g/mol. The second kappa shape index (κ2) is 5.50. The molecule has 2 amide bonds. The van der Waals surface area contributed by atoms with E-state index in [-0.39, 0.29) is 17.7 Å². The van der Waals surface area contributed by atoms with Crippen LogP contribution in [0.4, 0.5) is 0 Å².